The minimum absolute atomic E-state index is 0.453. The number of anilines is 1. The van der Waals surface area contributed by atoms with Gasteiger partial charge in [-0.1, -0.05) is 12.1 Å². The molecule has 6 heteroatoms. The van der Waals surface area contributed by atoms with Crippen molar-refractivity contribution in [3.63, 3.8) is 0 Å². The zero-order chi connectivity index (χ0) is 11.6. The van der Waals surface area contributed by atoms with Gasteiger partial charge in [0.15, 0.2) is 0 Å². The Labute approximate surface area is 93.8 Å². The summed E-state index contributed by atoms with van der Waals surface area (Å²) in [4.78, 5) is 0. The van der Waals surface area contributed by atoms with Crippen LogP contribution in [0.3, 0.4) is 0 Å². The maximum Gasteiger partial charge on any atom is 0.229 e. The lowest BCUT2D eigenvalue weighted by atomic mass is 10.3. The minimum atomic E-state index is -3.30. The van der Waals surface area contributed by atoms with Crippen LogP contribution in [0, 0.1) is 6.07 Å². The molecule has 83 valence electrons. The van der Waals surface area contributed by atoms with E-state index < -0.39 is 10.0 Å². The second-order valence-electron chi connectivity index (χ2n) is 3.26. The van der Waals surface area contributed by atoms with Gasteiger partial charge in [-0.25, -0.2) is 13.1 Å². The van der Waals surface area contributed by atoms with Crippen molar-refractivity contribution in [2.45, 2.75) is 0 Å². The molecule has 1 N–H and O–H groups in total. The third kappa shape index (κ3) is 2.40. The lowest BCUT2D eigenvalue weighted by Crippen LogP contribution is -2.12. The van der Waals surface area contributed by atoms with E-state index in [-0.39, 0.29) is 0 Å². The highest BCUT2D eigenvalue weighted by molar-refractivity contribution is 7.92. The summed E-state index contributed by atoms with van der Waals surface area (Å²) in [7, 11) is -3.30. The maximum atomic E-state index is 11.2. The van der Waals surface area contributed by atoms with E-state index in [2.05, 4.69) is 15.9 Å². The first kappa shape index (κ1) is 10.7. The third-order valence-electron chi connectivity index (χ3n) is 1.86. The molecule has 1 heterocycles. The zero-order valence-electron chi connectivity index (χ0n) is 8.58. The standard InChI is InChI=1S/C10H10N3O2S/c1-16(14,15)12-9-5-2-3-6-10(9)13-8-4-7-11-13/h2-5,7-8,12H,1H3. The van der Waals surface area contributed by atoms with Crippen molar-refractivity contribution in [1.82, 2.24) is 9.78 Å². The molecule has 1 radical (unpaired) electrons. The summed E-state index contributed by atoms with van der Waals surface area (Å²) in [6, 6.07) is 9.76. The number of sulfonamides is 1. The van der Waals surface area contributed by atoms with E-state index in [1.165, 1.54) is 0 Å². The number of benzene rings is 1. The molecular weight excluding hydrogens is 226 g/mol. The molecule has 0 amide bonds. The average molecular weight is 236 g/mol. The highest BCUT2D eigenvalue weighted by atomic mass is 32.2. The Hall–Kier alpha value is -1.82. The van der Waals surface area contributed by atoms with Crippen LogP contribution in [0.5, 0.6) is 0 Å². The number of nitrogens with zero attached hydrogens (tertiary/aromatic N) is 2. The predicted molar refractivity (Wildman–Crippen MR) is 60.9 cm³/mol. The van der Waals surface area contributed by atoms with Crippen LogP contribution in [0.4, 0.5) is 5.69 Å². The molecule has 0 aliphatic heterocycles. The quantitative estimate of drug-likeness (QED) is 0.866. The molecule has 16 heavy (non-hydrogen) atoms. The van der Waals surface area contributed by atoms with Crippen LogP contribution < -0.4 is 4.72 Å². The van der Waals surface area contributed by atoms with Crippen molar-refractivity contribution in [2.75, 3.05) is 11.0 Å². The SMILES string of the molecule is CS(=O)(=O)Nc1ccc[c]c1-n1cccn1. The van der Waals surface area contributed by atoms with E-state index in [1.807, 2.05) is 0 Å². The summed E-state index contributed by atoms with van der Waals surface area (Å²) in [6.45, 7) is 0. The summed E-state index contributed by atoms with van der Waals surface area (Å²) in [5.41, 5.74) is 1.02. The van der Waals surface area contributed by atoms with Crippen molar-refractivity contribution < 1.29 is 8.42 Å². The van der Waals surface area contributed by atoms with Crippen molar-refractivity contribution in [3.8, 4) is 5.69 Å². The molecule has 1 aromatic heterocycles. The predicted octanol–water partition coefficient (Wildman–Crippen LogP) is 1.04. The molecule has 0 aliphatic rings. The van der Waals surface area contributed by atoms with Gasteiger partial charge in [0.05, 0.1) is 17.6 Å². The Morgan fingerprint density at radius 2 is 2.25 bits per heavy atom. The number of hydrogen-bond acceptors (Lipinski definition) is 3. The highest BCUT2D eigenvalue weighted by Gasteiger charge is 2.08. The molecule has 0 bridgehead atoms. The third-order valence-corrected chi connectivity index (χ3v) is 2.45. The number of rotatable bonds is 3. The van der Waals surface area contributed by atoms with E-state index in [4.69, 9.17) is 0 Å². The van der Waals surface area contributed by atoms with Gasteiger partial charge in [-0.05, 0) is 12.1 Å². The van der Waals surface area contributed by atoms with Gasteiger partial charge in [0.25, 0.3) is 0 Å². The van der Waals surface area contributed by atoms with Gasteiger partial charge in [0.2, 0.25) is 10.0 Å². The fourth-order valence-corrected chi connectivity index (χ4v) is 1.86. The summed E-state index contributed by atoms with van der Waals surface area (Å²) in [5, 5.41) is 4.03. The molecule has 0 saturated heterocycles. The molecular formula is C10H10N3O2S. The summed E-state index contributed by atoms with van der Waals surface area (Å²) in [5.74, 6) is 0. The van der Waals surface area contributed by atoms with Gasteiger partial charge in [0.1, 0.15) is 0 Å². The van der Waals surface area contributed by atoms with Crippen molar-refractivity contribution in [3.05, 3.63) is 42.7 Å². The first-order valence-electron chi connectivity index (χ1n) is 4.55. The second-order valence-corrected chi connectivity index (χ2v) is 5.01. The van der Waals surface area contributed by atoms with Crippen LogP contribution in [-0.2, 0) is 10.0 Å². The van der Waals surface area contributed by atoms with Crippen molar-refractivity contribution in [1.29, 1.82) is 0 Å². The Kier molecular flexibility index (Phi) is 2.66. The topological polar surface area (TPSA) is 64.0 Å². The maximum absolute atomic E-state index is 11.2. The van der Waals surface area contributed by atoms with Crippen LogP contribution in [-0.4, -0.2) is 24.5 Å². The van der Waals surface area contributed by atoms with E-state index in [9.17, 15) is 8.42 Å². The summed E-state index contributed by atoms with van der Waals surface area (Å²) in [6.07, 6.45) is 4.44. The molecule has 0 aliphatic carbocycles. The highest BCUT2D eigenvalue weighted by Crippen LogP contribution is 2.19. The van der Waals surface area contributed by atoms with Gasteiger partial charge < -0.3 is 0 Å². The van der Waals surface area contributed by atoms with Crippen molar-refractivity contribution in [2.24, 2.45) is 0 Å². The van der Waals surface area contributed by atoms with Gasteiger partial charge in [0, 0.05) is 18.5 Å². The zero-order valence-corrected chi connectivity index (χ0v) is 9.40. The van der Waals surface area contributed by atoms with E-state index in [1.54, 1.807) is 41.3 Å². The molecule has 1 aromatic carbocycles. The molecule has 0 spiro atoms. The molecule has 2 rings (SSSR count). The Morgan fingerprint density at radius 3 is 2.88 bits per heavy atom. The number of hydrogen-bond donors (Lipinski definition) is 1. The molecule has 0 unspecified atom stereocenters. The number of aromatic nitrogens is 2. The average Bonchev–Trinajstić information content (AvgIpc) is 2.69. The van der Waals surface area contributed by atoms with Gasteiger partial charge in [-0.3, -0.25) is 4.72 Å². The molecule has 0 atom stereocenters. The largest absolute Gasteiger partial charge is 0.282 e. The number of nitrogens with one attached hydrogen (secondary N) is 1. The minimum Gasteiger partial charge on any atom is -0.282 e. The monoisotopic (exact) mass is 236 g/mol. The Bertz CT molecular complexity index is 576. The van der Waals surface area contributed by atoms with Crippen LogP contribution in [0.15, 0.2) is 36.7 Å². The smallest absolute Gasteiger partial charge is 0.229 e. The molecule has 0 fully saturated rings. The first-order valence-corrected chi connectivity index (χ1v) is 6.44. The lowest BCUT2D eigenvalue weighted by Gasteiger charge is -2.09. The first-order chi connectivity index (χ1) is 7.56. The van der Waals surface area contributed by atoms with Crippen LogP contribution in [0.2, 0.25) is 0 Å². The van der Waals surface area contributed by atoms with Crippen LogP contribution in [0.1, 0.15) is 0 Å². The number of para-hydroxylation sites is 1. The van der Waals surface area contributed by atoms with Crippen LogP contribution in [0.25, 0.3) is 5.69 Å². The van der Waals surface area contributed by atoms with E-state index >= 15 is 0 Å². The molecule has 0 saturated carbocycles. The van der Waals surface area contributed by atoms with Gasteiger partial charge >= 0.3 is 0 Å². The van der Waals surface area contributed by atoms with Gasteiger partial charge in [-0.15, -0.1) is 0 Å². The lowest BCUT2D eigenvalue weighted by molar-refractivity contribution is 0.606. The van der Waals surface area contributed by atoms with E-state index in [0.29, 0.717) is 11.4 Å². The Balaban J connectivity index is 2.47. The van der Waals surface area contributed by atoms with E-state index in [0.717, 1.165) is 6.26 Å². The Morgan fingerprint density at radius 1 is 1.44 bits per heavy atom. The summed E-state index contributed by atoms with van der Waals surface area (Å²) >= 11 is 0. The molecule has 5 nitrogen and oxygen atoms in total. The van der Waals surface area contributed by atoms with Gasteiger partial charge in [-0.2, -0.15) is 5.10 Å². The summed E-state index contributed by atoms with van der Waals surface area (Å²) < 4.78 is 26.3. The fourth-order valence-electron chi connectivity index (χ4n) is 1.30. The van der Waals surface area contributed by atoms with Crippen LogP contribution >= 0.6 is 0 Å². The second kappa shape index (κ2) is 3.97. The normalized spacial score (nSPS) is 11.3. The fraction of sp³-hybridized carbons (Fsp3) is 0.100. The molecule has 2 aromatic rings. The van der Waals surface area contributed by atoms with Crippen molar-refractivity contribution >= 4 is 15.7 Å².